The quantitative estimate of drug-likeness (QED) is 0.861. The molecule has 1 aromatic carbocycles. The van der Waals surface area contributed by atoms with Gasteiger partial charge in [0.25, 0.3) is 0 Å². The van der Waals surface area contributed by atoms with E-state index < -0.39 is 11.4 Å². The number of nitrogens with one attached hydrogen (secondary N) is 1. The van der Waals surface area contributed by atoms with Crippen LogP contribution in [-0.4, -0.2) is 35.3 Å². The molecule has 0 aliphatic carbocycles. The van der Waals surface area contributed by atoms with Gasteiger partial charge in [-0.15, -0.1) is 0 Å². The standard InChI is InChI=1S/C14H15F3N2O2S/c15-14(16,17)22-11-6-2-1-5-10(11)18-12(20)9-19-8-4-3-7-13(19)21/h1-2,5-6H,3-4,7-9H2,(H,18,20). The fourth-order valence-corrected chi connectivity index (χ4v) is 2.80. The summed E-state index contributed by atoms with van der Waals surface area (Å²) < 4.78 is 37.4. The Kier molecular flexibility index (Phi) is 5.33. The number of hydrogen-bond donors (Lipinski definition) is 1. The molecule has 0 unspecified atom stereocenters. The number of hydrogen-bond acceptors (Lipinski definition) is 3. The van der Waals surface area contributed by atoms with Crippen molar-refractivity contribution in [1.29, 1.82) is 0 Å². The SMILES string of the molecule is O=C(CN1CCCCC1=O)Nc1ccccc1SC(F)(F)F. The number of amides is 2. The maximum absolute atomic E-state index is 12.5. The topological polar surface area (TPSA) is 49.4 Å². The summed E-state index contributed by atoms with van der Waals surface area (Å²) in [6.07, 6.45) is 2.05. The van der Waals surface area contributed by atoms with E-state index in [9.17, 15) is 22.8 Å². The third-order valence-electron chi connectivity index (χ3n) is 3.14. The van der Waals surface area contributed by atoms with Crippen molar-refractivity contribution < 1.29 is 22.8 Å². The Morgan fingerprint density at radius 3 is 2.68 bits per heavy atom. The van der Waals surface area contributed by atoms with Crippen molar-refractivity contribution in [3.63, 3.8) is 0 Å². The molecule has 1 N–H and O–H groups in total. The number of carbonyl (C=O) groups excluding carboxylic acids is 2. The zero-order chi connectivity index (χ0) is 16.2. The fraction of sp³-hybridized carbons (Fsp3) is 0.429. The second-order valence-electron chi connectivity index (χ2n) is 4.86. The summed E-state index contributed by atoms with van der Waals surface area (Å²) in [6, 6.07) is 5.71. The minimum Gasteiger partial charge on any atom is -0.333 e. The van der Waals surface area contributed by atoms with Crippen LogP contribution in [0, 0.1) is 0 Å². The zero-order valence-electron chi connectivity index (χ0n) is 11.7. The van der Waals surface area contributed by atoms with E-state index in [0.717, 1.165) is 12.8 Å². The summed E-state index contributed by atoms with van der Waals surface area (Å²) in [5.41, 5.74) is -4.33. The number of para-hydroxylation sites is 1. The van der Waals surface area contributed by atoms with Crippen LogP contribution in [0.4, 0.5) is 18.9 Å². The molecule has 2 amide bonds. The molecule has 0 saturated carbocycles. The van der Waals surface area contributed by atoms with Gasteiger partial charge in [0.15, 0.2) is 0 Å². The maximum Gasteiger partial charge on any atom is 0.446 e. The van der Waals surface area contributed by atoms with Crippen LogP contribution in [0.1, 0.15) is 19.3 Å². The van der Waals surface area contributed by atoms with Gasteiger partial charge >= 0.3 is 5.51 Å². The smallest absolute Gasteiger partial charge is 0.333 e. The van der Waals surface area contributed by atoms with Crippen LogP contribution in [0.3, 0.4) is 0 Å². The van der Waals surface area contributed by atoms with Crippen LogP contribution in [-0.2, 0) is 9.59 Å². The van der Waals surface area contributed by atoms with E-state index in [1.807, 2.05) is 0 Å². The van der Waals surface area contributed by atoms with Crippen molar-refractivity contribution in [2.45, 2.75) is 29.7 Å². The monoisotopic (exact) mass is 332 g/mol. The van der Waals surface area contributed by atoms with Crippen LogP contribution in [0.15, 0.2) is 29.2 Å². The van der Waals surface area contributed by atoms with Crippen LogP contribution in [0.25, 0.3) is 0 Å². The van der Waals surface area contributed by atoms with E-state index in [4.69, 9.17) is 0 Å². The first-order valence-electron chi connectivity index (χ1n) is 6.77. The third-order valence-corrected chi connectivity index (χ3v) is 3.95. The molecule has 0 atom stereocenters. The van der Waals surface area contributed by atoms with E-state index in [2.05, 4.69) is 5.32 Å². The highest BCUT2D eigenvalue weighted by Crippen LogP contribution is 2.40. The molecule has 0 aromatic heterocycles. The lowest BCUT2D eigenvalue weighted by Crippen LogP contribution is -2.40. The number of halogens is 3. The summed E-state index contributed by atoms with van der Waals surface area (Å²) in [7, 11) is 0. The molecule has 0 bridgehead atoms. The number of anilines is 1. The number of likely N-dealkylation sites (tertiary alicyclic amines) is 1. The molecule has 1 saturated heterocycles. The summed E-state index contributed by atoms with van der Waals surface area (Å²) in [5.74, 6) is -0.593. The van der Waals surface area contributed by atoms with Gasteiger partial charge < -0.3 is 10.2 Å². The lowest BCUT2D eigenvalue weighted by molar-refractivity contribution is -0.136. The molecular formula is C14H15F3N2O2S. The third kappa shape index (κ3) is 4.94. The number of nitrogens with zero attached hydrogens (tertiary/aromatic N) is 1. The summed E-state index contributed by atoms with van der Waals surface area (Å²) in [4.78, 5) is 24.9. The number of benzene rings is 1. The van der Waals surface area contributed by atoms with Gasteiger partial charge in [0.2, 0.25) is 11.8 Å². The number of rotatable bonds is 4. The van der Waals surface area contributed by atoms with Crippen molar-refractivity contribution in [3.8, 4) is 0 Å². The van der Waals surface area contributed by atoms with Crippen molar-refractivity contribution in [1.82, 2.24) is 4.90 Å². The van der Waals surface area contributed by atoms with Crippen molar-refractivity contribution >= 4 is 29.3 Å². The van der Waals surface area contributed by atoms with Gasteiger partial charge in [-0.3, -0.25) is 9.59 Å². The van der Waals surface area contributed by atoms with Crippen molar-refractivity contribution in [2.24, 2.45) is 0 Å². The molecule has 1 fully saturated rings. The normalized spacial score (nSPS) is 15.8. The van der Waals surface area contributed by atoms with E-state index in [-0.39, 0.29) is 34.8 Å². The van der Waals surface area contributed by atoms with Gasteiger partial charge in [0.1, 0.15) is 0 Å². The van der Waals surface area contributed by atoms with Crippen molar-refractivity contribution in [2.75, 3.05) is 18.4 Å². The van der Waals surface area contributed by atoms with Crippen LogP contribution >= 0.6 is 11.8 Å². The van der Waals surface area contributed by atoms with E-state index in [1.165, 1.54) is 23.1 Å². The highest BCUT2D eigenvalue weighted by Gasteiger charge is 2.30. The molecule has 1 aromatic rings. The average molecular weight is 332 g/mol. The first-order chi connectivity index (χ1) is 10.3. The molecule has 1 heterocycles. The second kappa shape index (κ2) is 7.04. The Hall–Kier alpha value is -1.70. The minimum absolute atomic E-state index is 0.0756. The fourth-order valence-electron chi connectivity index (χ4n) is 2.18. The van der Waals surface area contributed by atoms with E-state index in [0.29, 0.717) is 13.0 Å². The van der Waals surface area contributed by atoms with E-state index >= 15 is 0 Å². The Morgan fingerprint density at radius 1 is 1.27 bits per heavy atom. The highest BCUT2D eigenvalue weighted by molar-refractivity contribution is 8.00. The average Bonchev–Trinajstić information content (AvgIpc) is 2.42. The molecule has 1 aliphatic rings. The Labute approximate surface area is 130 Å². The van der Waals surface area contributed by atoms with E-state index in [1.54, 1.807) is 6.07 Å². The predicted octanol–water partition coefficient (Wildman–Crippen LogP) is 3.25. The summed E-state index contributed by atoms with van der Waals surface area (Å²) >= 11 is -0.279. The van der Waals surface area contributed by atoms with Gasteiger partial charge in [-0.05, 0) is 36.7 Å². The summed E-state index contributed by atoms with van der Waals surface area (Å²) in [5, 5.41) is 2.45. The van der Waals surface area contributed by atoms with Crippen molar-refractivity contribution in [3.05, 3.63) is 24.3 Å². The van der Waals surface area contributed by atoms with Crippen LogP contribution in [0.2, 0.25) is 0 Å². The maximum atomic E-state index is 12.5. The van der Waals surface area contributed by atoms with Crippen LogP contribution < -0.4 is 5.32 Å². The van der Waals surface area contributed by atoms with Gasteiger partial charge in [-0.1, -0.05) is 12.1 Å². The number of thioether (sulfide) groups is 1. The van der Waals surface area contributed by atoms with Crippen LogP contribution in [0.5, 0.6) is 0 Å². The lowest BCUT2D eigenvalue weighted by Gasteiger charge is -2.26. The molecule has 1 aliphatic heterocycles. The first kappa shape index (κ1) is 16.7. The molecule has 0 radical (unpaired) electrons. The number of carbonyl (C=O) groups is 2. The predicted molar refractivity (Wildman–Crippen MR) is 77.4 cm³/mol. The molecular weight excluding hydrogens is 317 g/mol. The number of piperidine rings is 1. The summed E-state index contributed by atoms with van der Waals surface area (Å²) in [6.45, 7) is 0.370. The number of alkyl halides is 3. The molecule has 22 heavy (non-hydrogen) atoms. The Morgan fingerprint density at radius 2 is 2.00 bits per heavy atom. The second-order valence-corrected chi connectivity index (χ2v) is 5.97. The largest absolute Gasteiger partial charge is 0.446 e. The molecule has 4 nitrogen and oxygen atoms in total. The van der Waals surface area contributed by atoms with Gasteiger partial charge in [0, 0.05) is 17.9 Å². The zero-order valence-corrected chi connectivity index (χ0v) is 12.5. The highest BCUT2D eigenvalue weighted by atomic mass is 32.2. The van der Waals surface area contributed by atoms with Gasteiger partial charge in [0.05, 0.1) is 12.2 Å². The molecule has 8 heteroatoms. The molecule has 0 spiro atoms. The lowest BCUT2D eigenvalue weighted by atomic mass is 10.1. The first-order valence-corrected chi connectivity index (χ1v) is 7.59. The van der Waals surface area contributed by atoms with Gasteiger partial charge in [-0.2, -0.15) is 13.2 Å². The minimum atomic E-state index is -4.43. The molecule has 120 valence electrons. The Balaban J connectivity index is 2.00. The van der Waals surface area contributed by atoms with Gasteiger partial charge in [-0.25, -0.2) is 0 Å². The Bertz CT molecular complexity index is 563. The molecule has 2 rings (SSSR count).